The molecule has 0 bridgehead atoms. The lowest BCUT2D eigenvalue weighted by Crippen LogP contribution is -2.28. The topological polar surface area (TPSA) is 96.6 Å². The maximum Gasteiger partial charge on any atom is 0.351 e. The molecular formula is C11H17N3O4. The SMILES string of the molecule is CNc1nc(=O)n([C@H]2C[C@@H](O)[C@@H](CO)O2)cc1C. The first kappa shape index (κ1) is 13.0. The van der Waals surface area contributed by atoms with Crippen LogP contribution in [-0.4, -0.2) is 45.6 Å². The van der Waals surface area contributed by atoms with Crippen LogP contribution in [0.25, 0.3) is 0 Å². The van der Waals surface area contributed by atoms with Crippen LogP contribution in [0.5, 0.6) is 0 Å². The van der Waals surface area contributed by atoms with Gasteiger partial charge < -0.3 is 20.3 Å². The van der Waals surface area contributed by atoms with Crippen LogP contribution in [0.15, 0.2) is 11.0 Å². The zero-order valence-corrected chi connectivity index (χ0v) is 10.3. The summed E-state index contributed by atoms with van der Waals surface area (Å²) in [5.74, 6) is 0.522. The third-order valence-electron chi connectivity index (χ3n) is 3.07. The molecule has 0 saturated carbocycles. The number of rotatable bonds is 3. The van der Waals surface area contributed by atoms with Gasteiger partial charge in [-0.05, 0) is 6.92 Å². The van der Waals surface area contributed by atoms with Gasteiger partial charge in [-0.3, -0.25) is 4.57 Å². The average molecular weight is 255 g/mol. The highest BCUT2D eigenvalue weighted by Crippen LogP contribution is 2.27. The molecule has 3 N–H and O–H groups in total. The summed E-state index contributed by atoms with van der Waals surface area (Å²) < 4.78 is 6.76. The summed E-state index contributed by atoms with van der Waals surface area (Å²) in [6, 6.07) is 0. The molecule has 0 radical (unpaired) electrons. The second-order valence-corrected chi connectivity index (χ2v) is 4.33. The lowest BCUT2D eigenvalue weighted by molar-refractivity contribution is -0.0459. The van der Waals surface area contributed by atoms with Gasteiger partial charge in [-0.25, -0.2) is 4.79 Å². The normalized spacial score (nSPS) is 27.4. The van der Waals surface area contributed by atoms with E-state index in [-0.39, 0.29) is 13.0 Å². The van der Waals surface area contributed by atoms with Crippen molar-refractivity contribution in [1.29, 1.82) is 0 Å². The first-order valence-electron chi connectivity index (χ1n) is 5.78. The Morgan fingerprint density at radius 3 is 2.94 bits per heavy atom. The highest BCUT2D eigenvalue weighted by atomic mass is 16.5. The van der Waals surface area contributed by atoms with Crippen LogP contribution in [0.4, 0.5) is 5.82 Å². The largest absolute Gasteiger partial charge is 0.394 e. The van der Waals surface area contributed by atoms with E-state index in [0.717, 1.165) is 5.56 Å². The molecule has 0 aliphatic carbocycles. The predicted molar refractivity (Wildman–Crippen MR) is 64.4 cm³/mol. The Bertz CT molecular complexity index is 488. The van der Waals surface area contributed by atoms with Gasteiger partial charge in [0.25, 0.3) is 0 Å². The summed E-state index contributed by atoms with van der Waals surface area (Å²) in [6.07, 6.45) is -0.0900. The Hall–Kier alpha value is -1.44. The van der Waals surface area contributed by atoms with E-state index in [1.807, 2.05) is 6.92 Å². The number of aryl methyl sites for hydroxylation is 1. The molecule has 1 saturated heterocycles. The van der Waals surface area contributed by atoms with Crippen molar-refractivity contribution < 1.29 is 14.9 Å². The Morgan fingerprint density at radius 2 is 2.39 bits per heavy atom. The predicted octanol–water partition coefficient (Wildman–Crippen LogP) is -0.766. The van der Waals surface area contributed by atoms with Crippen molar-refractivity contribution in [2.45, 2.75) is 31.8 Å². The Kier molecular flexibility index (Phi) is 3.65. The molecule has 0 spiro atoms. The summed E-state index contributed by atoms with van der Waals surface area (Å²) in [6.45, 7) is 1.55. The van der Waals surface area contributed by atoms with Gasteiger partial charge in [0.1, 0.15) is 18.1 Å². The van der Waals surface area contributed by atoms with Crippen molar-refractivity contribution >= 4 is 5.82 Å². The third-order valence-corrected chi connectivity index (χ3v) is 3.07. The summed E-state index contributed by atoms with van der Waals surface area (Å²) in [5.41, 5.74) is 0.364. The Balaban J connectivity index is 2.30. The summed E-state index contributed by atoms with van der Waals surface area (Å²) >= 11 is 0. The zero-order chi connectivity index (χ0) is 13.3. The molecule has 1 aliphatic heterocycles. The highest BCUT2D eigenvalue weighted by Gasteiger charge is 2.35. The Labute approximate surface area is 104 Å². The summed E-state index contributed by atoms with van der Waals surface area (Å²) in [7, 11) is 1.69. The van der Waals surface area contributed by atoms with Crippen molar-refractivity contribution in [3.63, 3.8) is 0 Å². The molecule has 1 fully saturated rings. The molecule has 18 heavy (non-hydrogen) atoms. The molecule has 100 valence electrons. The number of anilines is 1. The lowest BCUT2D eigenvalue weighted by Gasteiger charge is -2.15. The number of nitrogens with one attached hydrogen (secondary N) is 1. The molecule has 0 unspecified atom stereocenters. The number of aliphatic hydroxyl groups excluding tert-OH is 2. The fraction of sp³-hybridized carbons (Fsp3) is 0.636. The molecule has 1 aromatic heterocycles. The minimum atomic E-state index is -0.767. The fourth-order valence-electron chi connectivity index (χ4n) is 2.08. The smallest absolute Gasteiger partial charge is 0.351 e. The van der Waals surface area contributed by atoms with Gasteiger partial charge in [-0.2, -0.15) is 4.98 Å². The molecule has 1 aliphatic rings. The number of aromatic nitrogens is 2. The van der Waals surface area contributed by atoms with Gasteiger partial charge >= 0.3 is 5.69 Å². The molecule has 0 amide bonds. The molecular weight excluding hydrogens is 238 g/mol. The quantitative estimate of drug-likeness (QED) is 0.656. The third kappa shape index (κ3) is 2.24. The van der Waals surface area contributed by atoms with Crippen LogP contribution in [0.2, 0.25) is 0 Å². The van der Waals surface area contributed by atoms with E-state index in [9.17, 15) is 9.90 Å². The van der Waals surface area contributed by atoms with E-state index >= 15 is 0 Å². The number of nitrogens with zero attached hydrogens (tertiary/aromatic N) is 2. The van der Waals surface area contributed by atoms with E-state index in [0.29, 0.717) is 5.82 Å². The Morgan fingerprint density at radius 1 is 1.67 bits per heavy atom. The molecule has 3 atom stereocenters. The molecule has 1 aromatic rings. The lowest BCUT2D eigenvalue weighted by atomic mass is 10.2. The number of hydrogen-bond acceptors (Lipinski definition) is 6. The van der Waals surface area contributed by atoms with Crippen LogP contribution in [0.3, 0.4) is 0 Å². The van der Waals surface area contributed by atoms with Crippen molar-refractivity contribution in [2.75, 3.05) is 19.0 Å². The minimum absolute atomic E-state index is 0.269. The van der Waals surface area contributed by atoms with Crippen LogP contribution in [0, 0.1) is 6.92 Å². The maximum absolute atomic E-state index is 11.8. The van der Waals surface area contributed by atoms with Gasteiger partial charge in [0.05, 0.1) is 12.7 Å². The number of aliphatic hydroxyl groups is 2. The van der Waals surface area contributed by atoms with E-state index in [2.05, 4.69) is 10.3 Å². The second-order valence-electron chi connectivity index (χ2n) is 4.33. The number of hydrogen-bond donors (Lipinski definition) is 3. The summed E-state index contributed by atoms with van der Waals surface area (Å²) in [5, 5.41) is 21.5. The van der Waals surface area contributed by atoms with Crippen LogP contribution >= 0.6 is 0 Å². The fourth-order valence-corrected chi connectivity index (χ4v) is 2.08. The molecule has 7 heteroatoms. The second kappa shape index (κ2) is 5.05. The number of ether oxygens (including phenoxy) is 1. The van der Waals surface area contributed by atoms with Gasteiger partial charge in [-0.1, -0.05) is 0 Å². The van der Waals surface area contributed by atoms with E-state index < -0.39 is 24.1 Å². The molecule has 2 heterocycles. The minimum Gasteiger partial charge on any atom is -0.394 e. The van der Waals surface area contributed by atoms with Gasteiger partial charge in [0.15, 0.2) is 0 Å². The summed E-state index contributed by atoms with van der Waals surface area (Å²) in [4.78, 5) is 15.7. The molecule has 7 nitrogen and oxygen atoms in total. The van der Waals surface area contributed by atoms with E-state index in [1.165, 1.54) is 4.57 Å². The van der Waals surface area contributed by atoms with Crippen LogP contribution in [-0.2, 0) is 4.74 Å². The van der Waals surface area contributed by atoms with Crippen LogP contribution in [0.1, 0.15) is 18.2 Å². The first-order chi connectivity index (χ1) is 8.56. The van der Waals surface area contributed by atoms with Gasteiger partial charge in [-0.15, -0.1) is 0 Å². The van der Waals surface area contributed by atoms with Gasteiger partial charge in [0.2, 0.25) is 0 Å². The first-order valence-corrected chi connectivity index (χ1v) is 5.78. The molecule has 0 aromatic carbocycles. The monoisotopic (exact) mass is 255 g/mol. The highest BCUT2D eigenvalue weighted by molar-refractivity contribution is 5.40. The van der Waals surface area contributed by atoms with Crippen molar-refractivity contribution in [3.8, 4) is 0 Å². The van der Waals surface area contributed by atoms with Crippen molar-refractivity contribution in [2.24, 2.45) is 0 Å². The van der Waals surface area contributed by atoms with Gasteiger partial charge in [0, 0.05) is 25.2 Å². The average Bonchev–Trinajstić information content (AvgIpc) is 2.72. The van der Waals surface area contributed by atoms with E-state index in [4.69, 9.17) is 9.84 Å². The standard InChI is InChI=1S/C11H17N3O4/c1-6-4-14(11(17)13-10(6)12-2)9-3-7(16)8(5-15)18-9/h4,7-9,15-16H,3,5H2,1-2H3,(H,12,13,17)/t7-,8-,9-/m1/s1. The van der Waals surface area contributed by atoms with Crippen LogP contribution < -0.4 is 11.0 Å². The van der Waals surface area contributed by atoms with E-state index in [1.54, 1.807) is 13.2 Å². The maximum atomic E-state index is 11.8. The van der Waals surface area contributed by atoms with Crippen molar-refractivity contribution in [1.82, 2.24) is 9.55 Å². The zero-order valence-electron chi connectivity index (χ0n) is 10.3. The molecule has 2 rings (SSSR count). The van der Waals surface area contributed by atoms with Crippen molar-refractivity contribution in [3.05, 3.63) is 22.2 Å².